The minimum Gasteiger partial charge on any atom is -0.478 e. The minimum absolute atomic E-state index is 0.120. The van der Waals surface area contributed by atoms with Crippen LogP contribution in [0.5, 0.6) is 0 Å². The summed E-state index contributed by atoms with van der Waals surface area (Å²) < 4.78 is 0. The van der Waals surface area contributed by atoms with Crippen molar-refractivity contribution in [1.82, 2.24) is 10.2 Å². The maximum absolute atomic E-state index is 12.3. The highest BCUT2D eigenvalue weighted by molar-refractivity contribution is 5.90. The molecule has 114 valence electrons. The fraction of sp³-hybridized carbons (Fsp3) is 0.500. The fourth-order valence-corrected chi connectivity index (χ4v) is 2.83. The molecule has 1 aliphatic rings. The largest absolute Gasteiger partial charge is 0.478 e. The zero-order valence-corrected chi connectivity index (χ0v) is 12.6. The number of carbonyl (C=O) groups excluding carboxylic acids is 1. The van der Waals surface area contributed by atoms with E-state index in [1.807, 2.05) is 24.8 Å². The quantitative estimate of drug-likeness (QED) is 0.865. The number of rotatable bonds is 5. The van der Waals surface area contributed by atoms with Crippen LogP contribution in [0.15, 0.2) is 18.2 Å². The van der Waals surface area contributed by atoms with E-state index in [0.29, 0.717) is 31.5 Å². The van der Waals surface area contributed by atoms with Crippen LogP contribution in [0.25, 0.3) is 0 Å². The molecule has 2 rings (SSSR count). The van der Waals surface area contributed by atoms with Crippen molar-refractivity contribution < 1.29 is 14.7 Å². The monoisotopic (exact) mass is 290 g/mol. The molecule has 0 bridgehead atoms. The second-order valence-corrected chi connectivity index (χ2v) is 5.48. The van der Waals surface area contributed by atoms with Crippen molar-refractivity contribution in [1.29, 1.82) is 0 Å². The van der Waals surface area contributed by atoms with Crippen molar-refractivity contribution in [2.24, 2.45) is 0 Å². The van der Waals surface area contributed by atoms with Crippen LogP contribution in [0.4, 0.5) is 0 Å². The third-order valence-corrected chi connectivity index (χ3v) is 3.88. The van der Waals surface area contributed by atoms with Gasteiger partial charge in [0.05, 0.1) is 5.56 Å². The van der Waals surface area contributed by atoms with Crippen LogP contribution < -0.4 is 5.32 Å². The van der Waals surface area contributed by atoms with Crippen LogP contribution in [0, 0.1) is 0 Å². The van der Waals surface area contributed by atoms with Crippen LogP contribution in [-0.2, 0) is 17.8 Å². The number of hydrogen-bond donors (Lipinski definition) is 2. The first-order valence-corrected chi connectivity index (χ1v) is 7.38. The van der Waals surface area contributed by atoms with Crippen LogP contribution in [0.1, 0.15) is 41.8 Å². The minimum atomic E-state index is -0.896. The predicted molar refractivity (Wildman–Crippen MR) is 80.3 cm³/mol. The normalized spacial score (nSPS) is 15.4. The van der Waals surface area contributed by atoms with Gasteiger partial charge in [0.15, 0.2) is 0 Å². The van der Waals surface area contributed by atoms with E-state index in [1.54, 1.807) is 12.1 Å². The zero-order valence-electron chi connectivity index (χ0n) is 12.6. The summed E-state index contributed by atoms with van der Waals surface area (Å²) in [5.41, 5.74) is 2.18. The van der Waals surface area contributed by atoms with E-state index in [1.165, 1.54) is 0 Å². The van der Waals surface area contributed by atoms with Crippen LogP contribution in [-0.4, -0.2) is 41.0 Å². The Kier molecular flexibility index (Phi) is 4.96. The molecular weight excluding hydrogens is 268 g/mol. The van der Waals surface area contributed by atoms with Gasteiger partial charge in [-0.1, -0.05) is 19.1 Å². The maximum atomic E-state index is 12.3. The van der Waals surface area contributed by atoms with Gasteiger partial charge in [0.25, 0.3) is 0 Å². The number of nitrogens with one attached hydrogen (secondary N) is 1. The summed E-state index contributed by atoms with van der Waals surface area (Å²) in [5, 5.41) is 12.4. The van der Waals surface area contributed by atoms with Crippen molar-refractivity contribution in [3.05, 3.63) is 34.9 Å². The molecule has 1 aromatic rings. The van der Waals surface area contributed by atoms with Crippen molar-refractivity contribution in [3.8, 4) is 0 Å². The predicted octanol–water partition coefficient (Wildman–Crippen LogP) is 1.66. The van der Waals surface area contributed by atoms with Gasteiger partial charge in [-0.15, -0.1) is 0 Å². The smallest absolute Gasteiger partial charge is 0.335 e. The Hall–Kier alpha value is -1.88. The Morgan fingerprint density at radius 2 is 2.19 bits per heavy atom. The molecule has 0 fully saturated rings. The second-order valence-electron chi connectivity index (χ2n) is 5.48. The number of benzene rings is 1. The van der Waals surface area contributed by atoms with Gasteiger partial charge in [0.1, 0.15) is 0 Å². The van der Waals surface area contributed by atoms with Gasteiger partial charge in [0.2, 0.25) is 5.91 Å². The lowest BCUT2D eigenvalue weighted by Gasteiger charge is -2.30. The van der Waals surface area contributed by atoms with Gasteiger partial charge in [-0.05, 0) is 37.1 Å². The van der Waals surface area contributed by atoms with Gasteiger partial charge in [0, 0.05) is 25.6 Å². The summed E-state index contributed by atoms with van der Waals surface area (Å²) in [7, 11) is 0. The average Bonchev–Trinajstić information content (AvgIpc) is 2.46. The molecule has 0 saturated carbocycles. The molecule has 0 radical (unpaired) electrons. The lowest BCUT2D eigenvalue weighted by molar-refractivity contribution is -0.132. The first-order valence-electron chi connectivity index (χ1n) is 7.38. The number of nitrogens with zero attached hydrogens (tertiary/aromatic N) is 1. The molecule has 0 saturated heterocycles. The molecule has 5 nitrogen and oxygen atoms in total. The Bertz CT molecular complexity index is 542. The van der Waals surface area contributed by atoms with E-state index < -0.39 is 5.97 Å². The molecule has 1 atom stereocenters. The Morgan fingerprint density at radius 1 is 1.43 bits per heavy atom. The van der Waals surface area contributed by atoms with Gasteiger partial charge in [-0.25, -0.2) is 4.79 Å². The first-order chi connectivity index (χ1) is 10.0. The van der Waals surface area contributed by atoms with E-state index in [0.717, 1.165) is 17.7 Å². The summed E-state index contributed by atoms with van der Waals surface area (Å²) in [6.45, 7) is 5.97. The third kappa shape index (κ3) is 3.61. The molecule has 1 amide bonds. The molecule has 0 aliphatic carbocycles. The first kappa shape index (κ1) is 15.5. The number of carboxylic acids is 1. The van der Waals surface area contributed by atoms with Gasteiger partial charge in [-0.2, -0.15) is 0 Å². The summed E-state index contributed by atoms with van der Waals surface area (Å²) in [6, 6.07) is 5.45. The summed E-state index contributed by atoms with van der Waals surface area (Å²) >= 11 is 0. The summed E-state index contributed by atoms with van der Waals surface area (Å²) in [4.78, 5) is 25.3. The Balaban J connectivity index is 2.08. The van der Waals surface area contributed by atoms with E-state index in [-0.39, 0.29) is 11.9 Å². The Morgan fingerprint density at radius 3 is 2.86 bits per heavy atom. The van der Waals surface area contributed by atoms with Gasteiger partial charge >= 0.3 is 5.97 Å². The standard InChI is InChI=1S/C16H22N2O3/c1-3-17-11(2)9-15(19)18-8-7-13-12(10-18)5-4-6-14(13)16(20)21/h4-6,11,17H,3,7-10H2,1-2H3,(H,20,21). The molecule has 1 aromatic carbocycles. The maximum Gasteiger partial charge on any atom is 0.335 e. The molecular formula is C16H22N2O3. The highest BCUT2D eigenvalue weighted by Crippen LogP contribution is 2.23. The number of carboxylic acid groups (broad SMARTS) is 1. The summed E-state index contributed by atoms with van der Waals surface area (Å²) in [5.74, 6) is -0.776. The van der Waals surface area contributed by atoms with E-state index >= 15 is 0 Å². The van der Waals surface area contributed by atoms with Crippen molar-refractivity contribution in [2.45, 2.75) is 39.3 Å². The number of hydrogen-bond acceptors (Lipinski definition) is 3. The average molecular weight is 290 g/mol. The topological polar surface area (TPSA) is 69.6 Å². The van der Waals surface area contributed by atoms with Gasteiger partial charge < -0.3 is 15.3 Å². The molecule has 5 heteroatoms. The number of amides is 1. The van der Waals surface area contributed by atoms with E-state index in [2.05, 4.69) is 5.32 Å². The van der Waals surface area contributed by atoms with E-state index in [9.17, 15) is 14.7 Å². The lowest BCUT2D eigenvalue weighted by Crippen LogP contribution is -2.40. The van der Waals surface area contributed by atoms with Crippen LogP contribution in [0.3, 0.4) is 0 Å². The molecule has 1 heterocycles. The van der Waals surface area contributed by atoms with Crippen molar-refractivity contribution in [2.75, 3.05) is 13.1 Å². The molecule has 1 aliphatic heterocycles. The number of aromatic carboxylic acids is 1. The molecule has 2 N–H and O–H groups in total. The molecule has 0 spiro atoms. The van der Waals surface area contributed by atoms with Crippen molar-refractivity contribution in [3.63, 3.8) is 0 Å². The highest BCUT2D eigenvalue weighted by atomic mass is 16.4. The second kappa shape index (κ2) is 6.72. The van der Waals surface area contributed by atoms with Crippen molar-refractivity contribution >= 4 is 11.9 Å². The van der Waals surface area contributed by atoms with Gasteiger partial charge in [-0.3, -0.25) is 4.79 Å². The third-order valence-electron chi connectivity index (χ3n) is 3.88. The fourth-order valence-electron chi connectivity index (χ4n) is 2.83. The Labute approximate surface area is 125 Å². The van der Waals surface area contributed by atoms with E-state index in [4.69, 9.17) is 0 Å². The number of fused-ring (bicyclic) bond motifs is 1. The van der Waals surface area contributed by atoms with Crippen LogP contribution >= 0.6 is 0 Å². The van der Waals surface area contributed by atoms with Crippen LogP contribution in [0.2, 0.25) is 0 Å². The zero-order chi connectivity index (χ0) is 15.4. The highest BCUT2D eigenvalue weighted by Gasteiger charge is 2.24. The molecule has 0 aromatic heterocycles. The molecule has 1 unspecified atom stereocenters. The summed E-state index contributed by atoms with van der Waals surface area (Å²) in [6.07, 6.45) is 1.08. The lowest BCUT2D eigenvalue weighted by atomic mass is 9.94. The number of carbonyl (C=O) groups is 2. The molecule has 21 heavy (non-hydrogen) atoms. The SMILES string of the molecule is CCNC(C)CC(=O)N1CCc2c(cccc2C(=O)O)C1.